The third-order valence-electron chi connectivity index (χ3n) is 4.13. The van der Waals surface area contributed by atoms with Gasteiger partial charge in [0.15, 0.2) is 11.5 Å². The average molecular weight is 383 g/mol. The van der Waals surface area contributed by atoms with E-state index in [1.165, 1.54) is 18.3 Å². The third-order valence-corrected chi connectivity index (χ3v) is 4.13. The molecule has 28 heavy (non-hydrogen) atoms. The van der Waals surface area contributed by atoms with Crippen molar-refractivity contribution >= 4 is 17.3 Å². The van der Waals surface area contributed by atoms with Crippen LogP contribution in [0, 0.1) is 11.6 Å². The Kier molecular flexibility index (Phi) is 4.76. The van der Waals surface area contributed by atoms with Crippen LogP contribution in [0.1, 0.15) is 16.1 Å². The zero-order chi connectivity index (χ0) is 19.5. The van der Waals surface area contributed by atoms with E-state index in [1.54, 1.807) is 6.07 Å². The lowest BCUT2D eigenvalue weighted by atomic mass is 10.2. The predicted molar refractivity (Wildman–Crippen MR) is 98.4 cm³/mol. The lowest BCUT2D eigenvalue weighted by Gasteiger charge is -2.10. The van der Waals surface area contributed by atoms with Crippen LogP contribution in [0.3, 0.4) is 0 Å². The molecule has 0 bridgehead atoms. The van der Waals surface area contributed by atoms with Crippen molar-refractivity contribution in [3.63, 3.8) is 0 Å². The van der Waals surface area contributed by atoms with Crippen LogP contribution in [0.25, 0.3) is 0 Å². The van der Waals surface area contributed by atoms with E-state index in [0.717, 1.165) is 17.7 Å². The minimum Gasteiger partial charge on any atom is -0.454 e. The van der Waals surface area contributed by atoms with E-state index >= 15 is 0 Å². The minimum absolute atomic E-state index is 0.0262. The number of benzene rings is 2. The first-order valence-corrected chi connectivity index (χ1v) is 8.44. The molecule has 0 spiro atoms. The Morgan fingerprint density at radius 1 is 1.04 bits per heavy atom. The highest BCUT2D eigenvalue weighted by Crippen LogP contribution is 2.32. The number of anilines is 2. The summed E-state index contributed by atoms with van der Waals surface area (Å²) in [5.41, 5.74) is 1.11. The molecule has 4 rings (SSSR count). The standard InChI is InChI=1S/C20H15F2N3O3/c21-14-2-1-3-15(22)19(14)25-20(26)16-9-13(6-7-23-16)24-10-12-4-5-17-18(8-12)28-11-27-17/h1-9H,10-11H2,(H,23,24)(H,25,26). The highest BCUT2D eigenvalue weighted by Gasteiger charge is 2.15. The number of carbonyl (C=O) groups is 1. The van der Waals surface area contributed by atoms with Crippen LogP contribution in [0.5, 0.6) is 11.5 Å². The molecule has 1 amide bonds. The van der Waals surface area contributed by atoms with Gasteiger partial charge in [-0.3, -0.25) is 9.78 Å². The Morgan fingerprint density at radius 3 is 2.64 bits per heavy atom. The van der Waals surface area contributed by atoms with Gasteiger partial charge in [0.2, 0.25) is 6.79 Å². The van der Waals surface area contributed by atoms with E-state index in [-0.39, 0.29) is 12.5 Å². The second-order valence-corrected chi connectivity index (χ2v) is 6.02. The Labute approximate surface area is 159 Å². The Bertz CT molecular complexity index is 1020. The first-order chi connectivity index (χ1) is 13.6. The molecule has 0 saturated carbocycles. The van der Waals surface area contributed by atoms with Gasteiger partial charge in [-0.25, -0.2) is 8.78 Å². The zero-order valence-corrected chi connectivity index (χ0v) is 14.5. The summed E-state index contributed by atoms with van der Waals surface area (Å²) in [7, 11) is 0. The molecule has 2 aromatic carbocycles. The molecule has 2 N–H and O–H groups in total. The number of carbonyl (C=O) groups excluding carboxylic acids is 1. The Morgan fingerprint density at radius 2 is 1.82 bits per heavy atom. The number of nitrogens with one attached hydrogen (secondary N) is 2. The molecule has 3 aromatic rings. The van der Waals surface area contributed by atoms with Gasteiger partial charge in [0.25, 0.3) is 5.91 Å². The number of pyridine rings is 1. The number of amides is 1. The van der Waals surface area contributed by atoms with Crippen molar-refractivity contribution in [1.29, 1.82) is 0 Å². The van der Waals surface area contributed by atoms with Crippen molar-refractivity contribution in [2.24, 2.45) is 0 Å². The van der Waals surface area contributed by atoms with Crippen molar-refractivity contribution < 1.29 is 23.0 Å². The number of hydrogen-bond acceptors (Lipinski definition) is 5. The van der Waals surface area contributed by atoms with E-state index < -0.39 is 23.2 Å². The highest BCUT2D eigenvalue weighted by molar-refractivity contribution is 6.03. The molecular formula is C20H15F2N3O3. The number of fused-ring (bicyclic) bond motifs is 1. The van der Waals surface area contributed by atoms with E-state index in [0.29, 0.717) is 23.7 Å². The fraction of sp³-hybridized carbons (Fsp3) is 0.100. The number of para-hydroxylation sites is 1. The van der Waals surface area contributed by atoms with E-state index in [2.05, 4.69) is 15.6 Å². The Hall–Kier alpha value is -3.68. The molecule has 142 valence electrons. The Balaban J connectivity index is 1.44. The summed E-state index contributed by atoms with van der Waals surface area (Å²) in [4.78, 5) is 16.3. The normalized spacial score (nSPS) is 11.9. The number of hydrogen-bond donors (Lipinski definition) is 2. The van der Waals surface area contributed by atoms with Crippen LogP contribution in [0.2, 0.25) is 0 Å². The van der Waals surface area contributed by atoms with Gasteiger partial charge in [0, 0.05) is 18.4 Å². The molecular weight excluding hydrogens is 368 g/mol. The maximum Gasteiger partial charge on any atom is 0.274 e. The summed E-state index contributed by atoms with van der Waals surface area (Å²) in [6, 6.07) is 12.1. The molecule has 8 heteroatoms. The molecule has 1 aliphatic rings. The topological polar surface area (TPSA) is 72.5 Å². The van der Waals surface area contributed by atoms with E-state index in [9.17, 15) is 13.6 Å². The van der Waals surface area contributed by atoms with Crippen molar-refractivity contribution in [1.82, 2.24) is 4.98 Å². The summed E-state index contributed by atoms with van der Waals surface area (Å²) in [6.45, 7) is 0.682. The maximum atomic E-state index is 13.7. The van der Waals surface area contributed by atoms with Gasteiger partial charge in [-0.2, -0.15) is 0 Å². The quantitative estimate of drug-likeness (QED) is 0.698. The summed E-state index contributed by atoms with van der Waals surface area (Å²) in [6.07, 6.45) is 1.44. The SMILES string of the molecule is O=C(Nc1c(F)cccc1F)c1cc(NCc2ccc3c(c2)OCO3)ccn1. The van der Waals surface area contributed by atoms with Crippen LogP contribution >= 0.6 is 0 Å². The van der Waals surface area contributed by atoms with E-state index in [4.69, 9.17) is 9.47 Å². The monoisotopic (exact) mass is 383 g/mol. The van der Waals surface area contributed by atoms with Gasteiger partial charge in [0.05, 0.1) is 0 Å². The molecule has 0 aliphatic carbocycles. The van der Waals surface area contributed by atoms with Crippen LogP contribution in [0.15, 0.2) is 54.7 Å². The second-order valence-electron chi connectivity index (χ2n) is 6.02. The molecule has 2 heterocycles. The van der Waals surface area contributed by atoms with Gasteiger partial charge in [-0.05, 0) is 42.0 Å². The van der Waals surface area contributed by atoms with Gasteiger partial charge < -0.3 is 20.1 Å². The zero-order valence-electron chi connectivity index (χ0n) is 14.5. The molecule has 0 unspecified atom stereocenters. The highest BCUT2D eigenvalue weighted by atomic mass is 19.1. The number of halogens is 2. The maximum absolute atomic E-state index is 13.7. The van der Waals surface area contributed by atoms with Gasteiger partial charge in [-0.15, -0.1) is 0 Å². The number of ether oxygens (including phenoxy) is 2. The number of rotatable bonds is 5. The molecule has 6 nitrogen and oxygen atoms in total. The lowest BCUT2D eigenvalue weighted by Crippen LogP contribution is -2.16. The van der Waals surface area contributed by atoms with Gasteiger partial charge in [-0.1, -0.05) is 12.1 Å². The van der Waals surface area contributed by atoms with Crippen molar-refractivity contribution in [2.75, 3.05) is 17.4 Å². The van der Waals surface area contributed by atoms with Crippen LogP contribution in [-0.2, 0) is 6.54 Å². The van der Waals surface area contributed by atoms with Gasteiger partial charge in [0.1, 0.15) is 23.0 Å². The smallest absolute Gasteiger partial charge is 0.274 e. The summed E-state index contributed by atoms with van der Waals surface area (Å²) in [5.74, 6) is -1.04. The van der Waals surface area contributed by atoms with Crippen molar-refractivity contribution in [3.05, 3.63) is 77.6 Å². The lowest BCUT2D eigenvalue weighted by molar-refractivity contribution is 0.102. The first-order valence-electron chi connectivity index (χ1n) is 8.44. The summed E-state index contributed by atoms with van der Waals surface area (Å²) < 4.78 is 38.0. The summed E-state index contributed by atoms with van der Waals surface area (Å²) in [5, 5.41) is 5.38. The summed E-state index contributed by atoms with van der Waals surface area (Å²) >= 11 is 0. The fourth-order valence-electron chi connectivity index (χ4n) is 2.71. The average Bonchev–Trinajstić information content (AvgIpc) is 3.17. The number of nitrogens with zero attached hydrogens (tertiary/aromatic N) is 1. The minimum atomic E-state index is -0.856. The van der Waals surface area contributed by atoms with E-state index in [1.807, 2.05) is 18.2 Å². The molecule has 1 aromatic heterocycles. The third kappa shape index (κ3) is 3.71. The molecule has 0 fully saturated rings. The molecule has 0 radical (unpaired) electrons. The molecule has 1 aliphatic heterocycles. The van der Waals surface area contributed by atoms with Gasteiger partial charge >= 0.3 is 0 Å². The first kappa shape index (κ1) is 17.7. The predicted octanol–water partition coefficient (Wildman–Crippen LogP) is 3.95. The van der Waals surface area contributed by atoms with Crippen LogP contribution in [0.4, 0.5) is 20.2 Å². The molecule has 0 saturated heterocycles. The van der Waals surface area contributed by atoms with Crippen molar-refractivity contribution in [3.8, 4) is 11.5 Å². The molecule has 0 atom stereocenters. The fourth-order valence-corrected chi connectivity index (χ4v) is 2.71. The van der Waals surface area contributed by atoms with Crippen molar-refractivity contribution in [2.45, 2.75) is 6.54 Å². The second kappa shape index (κ2) is 7.51. The van der Waals surface area contributed by atoms with Crippen LogP contribution in [-0.4, -0.2) is 17.7 Å². The number of aromatic nitrogens is 1. The largest absolute Gasteiger partial charge is 0.454 e. The van der Waals surface area contributed by atoms with Crippen LogP contribution < -0.4 is 20.1 Å².